The first kappa shape index (κ1) is 35.0. The van der Waals surface area contributed by atoms with Crippen molar-refractivity contribution in [3.05, 3.63) is 0 Å². The van der Waals surface area contributed by atoms with Crippen LogP contribution in [0.4, 0.5) is 0 Å². The molecule has 0 rings (SSSR count). The van der Waals surface area contributed by atoms with Gasteiger partial charge in [0.05, 0.1) is 11.9 Å². The summed E-state index contributed by atoms with van der Waals surface area (Å²) in [6.45, 7) is 3.66. The van der Waals surface area contributed by atoms with Crippen LogP contribution in [0, 0.1) is 0 Å². The molecule has 0 heterocycles. The maximum atomic E-state index is 10.7. The van der Waals surface area contributed by atoms with E-state index in [1.165, 1.54) is 0 Å². The summed E-state index contributed by atoms with van der Waals surface area (Å²) in [6, 6.07) is 0. The van der Waals surface area contributed by atoms with Crippen LogP contribution in [0.5, 0.6) is 0 Å². The Labute approximate surface area is 158 Å². The molecule has 0 aromatic carbocycles. The average Bonchev–Trinajstić information content (AvgIpc) is 2.36. The standard InChI is InChI=1S/2C6H10O5.Mg.2H2O/c2*1-3(7)4(8)6(2,11)5(9)10;;;/h2*3,7,11H,1-2H3,(H,9,10);;2*1H2/q;;+2;;/p-2. The molecule has 4 unspecified atom stereocenters. The fraction of sp³-hybridized carbons (Fsp3) is 0.667. The summed E-state index contributed by atoms with van der Waals surface area (Å²) in [6.07, 6.45) is -3.02. The maximum Gasteiger partial charge on any atom is 2.00 e. The van der Waals surface area contributed by atoms with Crippen molar-refractivity contribution >= 4 is 46.6 Å². The SMILES string of the molecule is CC(O)C(=O)C(C)(O)C(=O)[O-].CC(O)C(=O)C(C)(O)C(=O)[O-].O.O.[Mg+2]. The minimum atomic E-state index is -2.60. The monoisotopic (exact) mass is 382 g/mol. The van der Waals surface area contributed by atoms with Crippen LogP contribution in [-0.4, -0.2) is 101 Å². The number of rotatable bonds is 6. The summed E-state index contributed by atoms with van der Waals surface area (Å²) < 4.78 is 0. The van der Waals surface area contributed by atoms with Crippen molar-refractivity contribution in [2.24, 2.45) is 0 Å². The molecule has 25 heavy (non-hydrogen) atoms. The molecule has 0 aliphatic rings. The van der Waals surface area contributed by atoms with Gasteiger partial charge < -0.3 is 51.2 Å². The predicted octanol–water partition coefficient (Wildman–Crippen LogP) is -7.16. The first-order valence-corrected chi connectivity index (χ1v) is 5.92. The van der Waals surface area contributed by atoms with Gasteiger partial charge >= 0.3 is 23.1 Å². The van der Waals surface area contributed by atoms with E-state index in [2.05, 4.69) is 0 Å². The number of aliphatic carboxylic acids is 2. The van der Waals surface area contributed by atoms with Gasteiger partial charge in [0.15, 0.2) is 22.8 Å². The molecule has 0 bridgehead atoms. The molecule has 0 aromatic rings. The summed E-state index contributed by atoms with van der Waals surface area (Å²) in [7, 11) is 0. The number of Topliss-reactive ketones (excluding diaryl/α,β-unsaturated/α-hetero) is 2. The van der Waals surface area contributed by atoms with Crippen LogP contribution in [0.1, 0.15) is 27.7 Å². The van der Waals surface area contributed by atoms with Gasteiger partial charge in [0.1, 0.15) is 12.2 Å². The summed E-state index contributed by atoms with van der Waals surface area (Å²) in [5.74, 6) is -6.19. The molecule has 0 aliphatic heterocycles. The van der Waals surface area contributed by atoms with Crippen LogP contribution >= 0.6 is 0 Å². The number of hydrogen-bond donors (Lipinski definition) is 4. The molecule has 8 N–H and O–H groups in total. The Hall–Kier alpha value is -1.19. The van der Waals surface area contributed by atoms with Crippen LogP contribution in [0.25, 0.3) is 0 Å². The quantitative estimate of drug-likeness (QED) is 0.249. The molecule has 0 radical (unpaired) electrons. The molecular weight excluding hydrogens is 360 g/mol. The topological polar surface area (TPSA) is 258 Å². The average molecular weight is 383 g/mol. The van der Waals surface area contributed by atoms with Crippen LogP contribution in [0.3, 0.4) is 0 Å². The fourth-order valence-electron chi connectivity index (χ4n) is 1.01. The smallest absolute Gasteiger partial charge is 0.547 e. The molecule has 0 spiro atoms. The zero-order valence-corrected chi connectivity index (χ0v) is 15.5. The second kappa shape index (κ2) is 13.1. The van der Waals surface area contributed by atoms with E-state index in [0.717, 1.165) is 27.7 Å². The first-order valence-electron chi connectivity index (χ1n) is 5.92. The molecule has 0 saturated heterocycles. The Balaban J connectivity index is -0.0000000952. The van der Waals surface area contributed by atoms with Gasteiger partial charge in [-0.15, -0.1) is 0 Å². The van der Waals surface area contributed by atoms with Crippen molar-refractivity contribution in [3.63, 3.8) is 0 Å². The van der Waals surface area contributed by atoms with E-state index in [0.29, 0.717) is 0 Å². The molecule has 13 heteroatoms. The van der Waals surface area contributed by atoms with Crippen LogP contribution < -0.4 is 10.2 Å². The Kier molecular flexibility index (Phi) is 18.3. The maximum absolute atomic E-state index is 10.7. The van der Waals surface area contributed by atoms with Gasteiger partial charge in [-0.25, -0.2) is 0 Å². The number of carbonyl (C=O) groups is 4. The Morgan fingerprint density at radius 2 is 0.920 bits per heavy atom. The number of ketones is 2. The molecule has 0 aliphatic carbocycles. The number of hydrogen-bond acceptors (Lipinski definition) is 10. The van der Waals surface area contributed by atoms with E-state index in [1.807, 2.05) is 0 Å². The van der Waals surface area contributed by atoms with Crippen molar-refractivity contribution in [2.75, 3.05) is 0 Å². The Morgan fingerprint density at radius 1 is 0.760 bits per heavy atom. The van der Waals surface area contributed by atoms with Gasteiger partial charge in [-0.2, -0.15) is 0 Å². The summed E-state index contributed by atoms with van der Waals surface area (Å²) in [4.78, 5) is 41.5. The predicted molar refractivity (Wildman–Crippen MR) is 77.6 cm³/mol. The Morgan fingerprint density at radius 3 is 0.960 bits per heavy atom. The van der Waals surface area contributed by atoms with Crippen molar-refractivity contribution in [3.8, 4) is 0 Å². The van der Waals surface area contributed by atoms with Crippen molar-refractivity contribution in [1.29, 1.82) is 0 Å². The minimum Gasteiger partial charge on any atom is -0.547 e. The van der Waals surface area contributed by atoms with Gasteiger partial charge in [-0.1, -0.05) is 0 Å². The van der Waals surface area contributed by atoms with E-state index in [9.17, 15) is 29.4 Å². The number of aliphatic hydroxyl groups excluding tert-OH is 2. The van der Waals surface area contributed by atoms with E-state index >= 15 is 0 Å². The number of aliphatic hydroxyl groups is 4. The van der Waals surface area contributed by atoms with Crippen molar-refractivity contribution < 1.29 is 60.8 Å². The summed E-state index contributed by atoms with van der Waals surface area (Å²) >= 11 is 0. The second-order valence-corrected chi connectivity index (χ2v) is 4.80. The van der Waals surface area contributed by atoms with Gasteiger partial charge in [0, 0.05) is 0 Å². The van der Waals surface area contributed by atoms with Gasteiger partial charge in [-0.05, 0) is 27.7 Å². The van der Waals surface area contributed by atoms with Crippen molar-refractivity contribution in [1.82, 2.24) is 0 Å². The van der Waals surface area contributed by atoms with Crippen molar-refractivity contribution in [2.45, 2.75) is 51.1 Å². The van der Waals surface area contributed by atoms with E-state index in [-0.39, 0.29) is 34.0 Å². The third kappa shape index (κ3) is 10.4. The normalized spacial score (nSPS) is 16.3. The van der Waals surface area contributed by atoms with Crippen LogP contribution in [0.15, 0.2) is 0 Å². The van der Waals surface area contributed by atoms with Gasteiger partial charge in [0.2, 0.25) is 0 Å². The van der Waals surface area contributed by atoms with E-state index in [1.54, 1.807) is 0 Å². The largest absolute Gasteiger partial charge is 2.00 e. The molecule has 144 valence electrons. The molecule has 12 nitrogen and oxygen atoms in total. The molecule has 4 atom stereocenters. The van der Waals surface area contributed by atoms with Gasteiger partial charge in [-0.3, -0.25) is 9.59 Å². The number of carboxylic acid groups (broad SMARTS) is 2. The number of carbonyl (C=O) groups excluding carboxylic acids is 4. The van der Waals surface area contributed by atoms with Crippen LogP contribution in [-0.2, 0) is 19.2 Å². The summed E-state index contributed by atoms with van der Waals surface area (Å²) in [5, 5.41) is 55.1. The number of carboxylic acids is 2. The summed E-state index contributed by atoms with van der Waals surface area (Å²) in [5.41, 5.74) is -5.21. The van der Waals surface area contributed by atoms with E-state index < -0.39 is 46.9 Å². The first-order chi connectivity index (χ1) is 9.59. The van der Waals surface area contributed by atoms with E-state index in [4.69, 9.17) is 20.4 Å². The molecule has 0 aromatic heterocycles. The zero-order chi connectivity index (χ0) is 18.5. The fourth-order valence-corrected chi connectivity index (χ4v) is 1.01. The van der Waals surface area contributed by atoms with Gasteiger partial charge in [0.25, 0.3) is 0 Å². The zero-order valence-electron chi connectivity index (χ0n) is 14.1. The third-order valence-electron chi connectivity index (χ3n) is 2.51. The minimum absolute atomic E-state index is 0. The molecule has 0 amide bonds. The second-order valence-electron chi connectivity index (χ2n) is 4.80. The van der Waals surface area contributed by atoms with Crippen LogP contribution in [0.2, 0.25) is 0 Å². The third-order valence-corrected chi connectivity index (χ3v) is 2.51. The molecular formula is C12H22MgO12. The molecule has 0 saturated carbocycles. The Bertz CT molecular complexity index is 413. The molecule has 0 fully saturated rings.